The van der Waals surface area contributed by atoms with Gasteiger partial charge < -0.3 is 0 Å². The van der Waals surface area contributed by atoms with Crippen molar-refractivity contribution in [2.24, 2.45) is 0 Å². The third-order valence-corrected chi connectivity index (χ3v) is 5.05. The smallest absolute Gasteiger partial charge is 0.0348 e. The van der Waals surface area contributed by atoms with Crippen molar-refractivity contribution in [1.82, 2.24) is 4.90 Å². The first kappa shape index (κ1) is 16.3. The zero-order valence-corrected chi connectivity index (χ0v) is 14.2. The molecule has 1 heterocycles. The van der Waals surface area contributed by atoms with E-state index in [4.69, 9.17) is 0 Å². The summed E-state index contributed by atoms with van der Waals surface area (Å²) in [4.78, 5) is 2.72. The molecule has 2 aromatic carbocycles. The van der Waals surface area contributed by atoms with Gasteiger partial charge in [-0.05, 0) is 56.3 Å². The van der Waals surface area contributed by atoms with E-state index in [-0.39, 0.29) is 0 Å². The first-order valence-corrected chi connectivity index (χ1v) is 9.26. The highest BCUT2D eigenvalue weighted by molar-refractivity contribution is 5.19. The van der Waals surface area contributed by atoms with Crippen LogP contribution in [0.3, 0.4) is 0 Å². The van der Waals surface area contributed by atoms with Crippen LogP contribution in [0.2, 0.25) is 0 Å². The van der Waals surface area contributed by atoms with Crippen LogP contribution < -0.4 is 0 Å². The van der Waals surface area contributed by atoms with Gasteiger partial charge in [-0.3, -0.25) is 4.90 Å². The summed E-state index contributed by atoms with van der Waals surface area (Å²) in [5, 5.41) is 0. The summed E-state index contributed by atoms with van der Waals surface area (Å²) in [6, 6.07) is 22.6. The fourth-order valence-electron chi connectivity index (χ4n) is 3.78. The van der Waals surface area contributed by atoms with Crippen LogP contribution in [0.5, 0.6) is 0 Å². The van der Waals surface area contributed by atoms with E-state index in [1.807, 2.05) is 0 Å². The molecule has 1 aliphatic heterocycles. The highest BCUT2D eigenvalue weighted by atomic mass is 15.2. The van der Waals surface area contributed by atoms with Gasteiger partial charge in [0.05, 0.1) is 0 Å². The van der Waals surface area contributed by atoms with Crippen LogP contribution in [0.15, 0.2) is 60.7 Å². The lowest BCUT2D eigenvalue weighted by Gasteiger charge is -2.36. The van der Waals surface area contributed by atoms with Gasteiger partial charge in [0.25, 0.3) is 0 Å². The van der Waals surface area contributed by atoms with Crippen molar-refractivity contribution >= 4 is 0 Å². The molecule has 1 saturated heterocycles. The summed E-state index contributed by atoms with van der Waals surface area (Å²) < 4.78 is 0. The molecule has 0 radical (unpaired) electrons. The molecule has 1 nitrogen and oxygen atoms in total. The standard InChI is InChI=1S/C22H29N/c1-4-12-20(13-5-1)14-6-3-10-18-23-19-11-9-17-22(23)21-15-7-2-8-16-21/h1-2,4-5,7-8,12-13,15-16,22H,3,6,9-11,14,17-19H2. The SMILES string of the molecule is c1ccc(CCCCCN2CCCCC2c2ccccc2)cc1. The minimum Gasteiger partial charge on any atom is -0.296 e. The number of benzene rings is 2. The topological polar surface area (TPSA) is 3.24 Å². The molecule has 23 heavy (non-hydrogen) atoms. The molecule has 0 bridgehead atoms. The third-order valence-electron chi connectivity index (χ3n) is 5.05. The van der Waals surface area contributed by atoms with E-state index in [2.05, 4.69) is 65.6 Å². The Hall–Kier alpha value is -1.60. The van der Waals surface area contributed by atoms with Crippen molar-refractivity contribution in [1.29, 1.82) is 0 Å². The van der Waals surface area contributed by atoms with Crippen LogP contribution in [0, 0.1) is 0 Å². The van der Waals surface area contributed by atoms with Gasteiger partial charge in [0.2, 0.25) is 0 Å². The Morgan fingerprint density at radius 2 is 1.52 bits per heavy atom. The Morgan fingerprint density at radius 3 is 2.30 bits per heavy atom. The summed E-state index contributed by atoms with van der Waals surface area (Å²) in [6.45, 7) is 2.53. The minimum atomic E-state index is 0.652. The average Bonchev–Trinajstić information content (AvgIpc) is 2.63. The molecule has 1 fully saturated rings. The maximum absolute atomic E-state index is 2.72. The molecule has 0 aromatic heterocycles. The molecule has 0 amide bonds. The summed E-state index contributed by atoms with van der Waals surface area (Å²) >= 11 is 0. The largest absolute Gasteiger partial charge is 0.296 e. The Morgan fingerprint density at radius 1 is 0.783 bits per heavy atom. The zero-order chi connectivity index (χ0) is 15.7. The Kier molecular flexibility index (Phi) is 6.28. The van der Waals surface area contributed by atoms with Crippen LogP contribution in [-0.4, -0.2) is 18.0 Å². The first-order valence-electron chi connectivity index (χ1n) is 9.26. The number of likely N-dealkylation sites (tertiary alicyclic amines) is 1. The maximum Gasteiger partial charge on any atom is 0.0348 e. The molecule has 122 valence electrons. The van der Waals surface area contributed by atoms with E-state index < -0.39 is 0 Å². The molecule has 3 rings (SSSR count). The highest BCUT2D eigenvalue weighted by Crippen LogP contribution is 2.30. The number of nitrogens with zero attached hydrogens (tertiary/aromatic N) is 1. The Labute approximate surface area is 141 Å². The number of piperidine rings is 1. The molecular weight excluding hydrogens is 278 g/mol. The number of hydrogen-bond acceptors (Lipinski definition) is 1. The van der Waals surface area contributed by atoms with Crippen LogP contribution in [0.25, 0.3) is 0 Å². The van der Waals surface area contributed by atoms with Gasteiger partial charge in [-0.1, -0.05) is 73.5 Å². The van der Waals surface area contributed by atoms with Crippen molar-refractivity contribution in [2.45, 2.75) is 51.0 Å². The molecule has 0 aliphatic carbocycles. The zero-order valence-electron chi connectivity index (χ0n) is 14.2. The van der Waals surface area contributed by atoms with Crippen molar-refractivity contribution < 1.29 is 0 Å². The molecule has 1 unspecified atom stereocenters. The second-order valence-corrected chi connectivity index (χ2v) is 6.75. The minimum absolute atomic E-state index is 0.652. The molecule has 0 N–H and O–H groups in total. The van der Waals surface area contributed by atoms with E-state index in [1.54, 1.807) is 0 Å². The second kappa shape index (κ2) is 8.88. The summed E-state index contributed by atoms with van der Waals surface area (Å²) in [5.74, 6) is 0. The monoisotopic (exact) mass is 307 g/mol. The van der Waals surface area contributed by atoms with Crippen molar-refractivity contribution in [2.75, 3.05) is 13.1 Å². The maximum atomic E-state index is 2.72. The van der Waals surface area contributed by atoms with Gasteiger partial charge in [0, 0.05) is 6.04 Å². The molecule has 1 heteroatoms. The summed E-state index contributed by atoms with van der Waals surface area (Å²) in [7, 11) is 0. The van der Waals surface area contributed by atoms with Crippen molar-refractivity contribution in [3.63, 3.8) is 0 Å². The van der Waals surface area contributed by atoms with E-state index in [1.165, 1.54) is 69.2 Å². The van der Waals surface area contributed by atoms with Gasteiger partial charge in [-0.25, -0.2) is 0 Å². The fraction of sp³-hybridized carbons (Fsp3) is 0.455. The fourth-order valence-corrected chi connectivity index (χ4v) is 3.78. The number of hydrogen-bond donors (Lipinski definition) is 0. The second-order valence-electron chi connectivity index (χ2n) is 6.75. The number of aryl methyl sites for hydroxylation is 1. The third kappa shape index (κ3) is 4.94. The summed E-state index contributed by atoms with van der Waals surface area (Å²) in [6.07, 6.45) is 9.28. The van der Waals surface area contributed by atoms with E-state index >= 15 is 0 Å². The summed E-state index contributed by atoms with van der Waals surface area (Å²) in [5.41, 5.74) is 2.99. The number of rotatable bonds is 7. The molecule has 1 atom stereocenters. The Bertz CT molecular complexity index is 549. The van der Waals surface area contributed by atoms with Gasteiger partial charge in [0.1, 0.15) is 0 Å². The molecule has 0 saturated carbocycles. The van der Waals surface area contributed by atoms with E-state index in [9.17, 15) is 0 Å². The van der Waals surface area contributed by atoms with Gasteiger partial charge in [-0.15, -0.1) is 0 Å². The van der Waals surface area contributed by atoms with Crippen LogP contribution in [-0.2, 0) is 6.42 Å². The molecular formula is C22H29N. The quantitative estimate of drug-likeness (QED) is 0.599. The van der Waals surface area contributed by atoms with E-state index in [0.717, 1.165) is 0 Å². The highest BCUT2D eigenvalue weighted by Gasteiger charge is 2.22. The first-order chi connectivity index (χ1) is 11.4. The van der Waals surface area contributed by atoms with E-state index in [0.29, 0.717) is 6.04 Å². The van der Waals surface area contributed by atoms with Crippen molar-refractivity contribution in [3.8, 4) is 0 Å². The van der Waals surface area contributed by atoms with Crippen LogP contribution in [0.1, 0.15) is 55.7 Å². The molecule has 0 spiro atoms. The molecule has 2 aromatic rings. The van der Waals surface area contributed by atoms with Gasteiger partial charge >= 0.3 is 0 Å². The Balaban J connectivity index is 1.43. The lowest BCUT2D eigenvalue weighted by atomic mass is 9.95. The molecule has 1 aliphatic rings. The van der Waals surface area contributed by atoms with Crippen LogP contribution in [0.4, 0.5) is 0 Å². The average molecular weight is 307 g/mol. The van der Waals surface area contributed by atoms with Gasteiger partial charge in [0.15, 0.2) is 0 Å². The predicted octanol–water partition coefficient (Wildman–Crippen LogP) is 5.63. The lowest BCUT2D eigenvalue weighted by Crippen LogP contribution is -2.34. The normalized spacial score (nSPS) is 18.9. The predicted molar refractivity (Wildman–Crippen MR) is 98.6 cm³/mol. The van der Waals surface area contributed by atoms with Gasteiger partial charge in [-0.2, -0.15) is 0 Å². The lowest BCUT2D eigenvalue weighted by molar-refractivity contribution is 0.146. The number of unbranched alkanes of at least 4 members (excludes halogenated alkanes) is 2. The van der Waals surface area contributed by atoms with Crippen molar-refractivity contribution in [3.05, 3.63) is 71.8 Å². The van der Waals surface area contributed by atoms with Crippen LogP contribution >= 0.6 is 0 Å².